The monoisotopic (exact) mass is 229 g/mol. The summed E-state index contributed by atoms with van der Waals surface area (Å²) in [4.78, 5) is 10.6. The summed E-state index contributed by atoms with van der Waals surface area (Å²) >= 11 is 1.30. The number of aliphatic hydroxyl groups is 1. The van der Waals surface area contributed by atoms with Crippen LogP contribution in [0.15, 0.2) is 17.0 Å². The van der Waals surface area contributed by atoms with Crippen LogP contribution in [0.3, 0.4) is 0 Å². The molecule has 0 spiro atoms. The molecule has 0 saturated carbocycles. The van der Waals surface area contributed by atoms with Crippen LogP contribution in [0.25, 0.3) is 0 Å². The number of nitrogen functional groups attached to an aromatic ring is 2. The molecule has 6 nitrogen and oxygen atoms in total. The summed E-state index contributed by atoms with van der Waals surface area (Å²) in [5.74, 6) is 0.474. The van der Waals surface area contributed by atoms with Gasteiger partial charge in [-0.3, -0.25) is 10.1 Å². The maximum absolute atomic E-state index is 10.5. The van der Waals surface area contributed by atoms with Crippen LogP contribution >= 0.6 is 11.8 Å². The summed E-state index contributed by atoms with van der Waals surface area (Å²) < 4.78 is 0. The largest absolute Gasteiger partial charge is 0.398 e. The molecule has 0 radical (unpaired) electrons. The number of rotatable bonds is 4. The first-order chi connectivity index (χ1) is 7.06. The average molecular weight is 229 g/mol. The van der Waals surface area contributed by atoms with Crippen molar-refractivity contribution in [2.24, 2.45) is 0 Å². The number of hydrogen-bond acceptors (Lipinski definition) is 6. The number of nitro groups is 1. The second kappa shape index (κ2) is 4.85. The van der Waals surface area contributed by atoms with E-state index in [0.29, 0.717) is 16.3 Å². The molecule has 0 fully saturated rings. The quantitative estimate of drug-likeness (QED) is 0.305. The Labute approximate surface area is 90.4 Å². The van der Waals surface area contributed by atoms with Gasteiger partial charge in [-0.1, -0.05) is 0 Å². The first kappa shape index (κ1) is 11.6. The summed E-state index contributed by atoms with van der Waals surface area (Å²) in [6.07, 6.45) is 0. The Morgan fingerprint density at radius 1 is 1.40 bits per heavy atom. The van der Waals surface area contributed by atoms with Crippen LogP contribution in [0, 0.1) is 10.1 Å². The molecular weight excluding hydrogens is 218 g/mol. The van der Waals surface area contributed by atoms with E-state index >= 15 is 0 Å². The summed E-state index contributed by atoms with van der Waals surface area (Å²) in [6.45, 7) is 0.0149. The van der Waals surface area contributed by atoms with Crippen LogP contribution in [0.2, 0.25) is 0 Å². The van der Waals surface area contributed by atoms with Gasteiger partial charge in [-0.05, 0) is 6.07 Å². The number of thioether (sulfide) groups is 1. The van der Waals surface area contributed by atoms with Crippen molar-refractivity contribution in [2.75, 3.05) is 23.8 Å². The number of nitrogens with two attached hydrogens (primary N) is 2. The van der Waals surface area contributed by atoms with E-state index in [1.54, 1.807) is 0 Å². The maximum Gasteiger partial charge on any atom is 0.294 e. The smallest absolute Gasteiger partial charge is 0.294 e. The van der Waals surface area contributed by atoms with Gasteiger partial charge in [0.05, 0.1) is 17.2 Å². The second-order valence-electron chi connectivity index (χ2n) is 2.78. The number of nitrogens with zero attached hydrogens (tertiary/aromatic N) is 1. The third-order valence-electron chi connectivity index (χ3n) is 1.70. The molecule has 5 N–H and O–H groups in total. The lowest BCUT2D eigenvalue weighted by Crippen LogP contribution is -1.99. The molecule has 7 heteroatoms. The first-order valence-electron chi connectivity index (χ1n) is 4.13. The Kier molecular flexibility index (Phi) is 3.75. The Hall–Kier alpha value is -1.47. The van der Waals surface area contributed by atoms with Crippen LogP contribution in [0.5, 0.6) is 0 Å². The highest BCUT2D eigenvalue weighted by molar-refractivity contribution is 7.99. The molecule has 82 valence electrons. The number of anilines is 2. The minimum Gasteiger partial charge on any atom is -0.398 e. The third-order valence-corrected chi connectivity index (χ3v) is 2.76. The van der Waals surface area contributed by atoms with Crippen molar-refractivity contribution in [3.05, 3.63) is 22.2 Å². The van der Waals surface area contributed by atoms with E-state index in [1.807, 2.05) is 0 Å². The highest BCUT2D eigenvalue weighted by atomic mass is 32.2. The van der Waals surface area contributed by atoms with Gasteiger partial charge in [0.15, 0.2) is 0 Å². The molecule has 0 aliphatic heterocycles. The summed E-state index contributed by atoms with van der Waals surface area (Å²) in [6, 6.07) is 2.68. The predicted molar refractivity (Wildman–Crippen MR) is 59.7 cm³/mol. The van der Waals surface area contributed by atoms with Crippen LogP contribution in [0.4, 0.5) is 17.1 Å². The second-order valence-corrected chi connectivity index (χ2v) is 3.91. The summed E-state index contributed by atoms with van der Waals surface area (Å²) in [7, 11) is 0. The normalized spacial score (nSPS) is 10.2. The van der Waals surface area contributed by atoms with Crippen molar-refractivity contribution in [1.29, 1.82) is 0 Å². The highest BCUT2D eigenvalue weighted by Crippen LogP contribution is 2.33. The van der Waals surface area contributed by atoms with Gasteiger partial charge < -0.3 is 16.6 Å². The summed E-state index contributed by atoms with van der Waals surface area (Å²) in [5.41, 5.74) is 11.3. The lowest BCUT2D eigenvalue weighted by atomic mass is 10.2. The molecule has 1 aromatic rings. The SMILES string of the molecule is Nc1cc([N+](=O)[O-])c(N)cc1SCCO. The molecule has 1 rings (SSSR count). The van der Waals surface area contributed by atoms with Crippen molar-refractivity contribution in [2.45, 2.75) is 4.90 Å². The molecule has 0 unspecified atom stereocenters. The standard InChI is InChI=1S/C8H11N3O3S/c9-5-4-8(15-2-1-12)6(10)3-7(5)11(13)14/h3-4,12H,1-2,9-10H2. The van der Waals surface area contributed by atoms with Gasteiger partial charge in [-0.2, -0.15) is 0 Å². The van der Waals surface area contributed by atoms with E-state index in [1.165, 1.54) is 23.9 Å². The molecule has 15 heavy (non-hydrogen) atoms. The lowest BCUT2D eigenvalue weighted by Gasteiger charge is -2.05. The minimum absolute atomic E-state index is 0.0149. The fraction of sp³-hybridized carbons (Fsp3) is 0.250. The lowest BCUT2D eigenvalue weighted by molar-refractivity contribution is -0.383. The van der Waals surface area contributed by atoms with E-state index < -0.39 is 4.92 Å². The molecule has 0 saturated heterocycles. The van der Waals surface area contributed by atoms with E-state index in [2.05, 4.69) is 0 Å². The number of aliphatic hydroxyl groups excluding tert-OH is 1. The molecule has 0 bridgehead atoms. The van der Waals surface area contributed by atoms with Gasteiger partial charge in [0.25, 0.3) is 5.69 Å². The van der Waals surface area contributed by atoms with Crippen molar-refractivity contribution < 1.29 is 10.0 Å². The zero-order valence-corrected chi connectivity index (χ0v) is 8.66. The van der Waals surface area contributed by atoms with E-state index in [0.717, 1.165) is 0 Å². The Morgan fingerprint density at radius 3 is 2.60 bits per heavy atom. The van der Waals surface area contributed by atoms with Gasteiger partial charge in [0.1, 0.15) is 5.69 Å². The summed E-state index contributed by atoms with van der Waals surface area (Å²) in [5, 5.41) is 19.2. The van der Waals surface area contributed by atoms with Crippen LogP contribution in [-0.4, -0.2) is 22.4 Å². The first-order valence-corrected chi connectivity index (χ1v) is 5.12. The van der Waals surface area contributed by atoms with Crippen LogP contribution < -0.4 is 11.5 Å². The maximum atomic E-state index is 10.5. The molecule has 0 aromatic heterocycles. The van der Waals surface area contributed by atoms with Gasteiger partial charge in [0, 0.05) is 16.7 Å². The van der Waals surface area contributed by atoms with Crippen LogP contribution in [0.1, 0.15) is 0 Å². The molecule has 1 aromatic carbocycles. The molecule has 0 atom stereocenters. The van der Waals surface area contributed by atoms with Crippen LogP contribution in [-0.2, 0) is 0 Å². The van der Waals surface area contributed by atoms with Crippen molar-refractivity contribution >= 4 is 28.8 Å². The van der Waals surface area contributed by atoms with Crippen molar-refractivity contribution in [3.63, 3.8) is 0 Å². The third kappa shape index (κ3) is 2.74. The number of benzene rings is 1. The number of nitro benzene ring substituents is 1. The van der Waals surface area contributed by atoms with Gasteiger partial charge in [-0.25, -0.2) is 0 Å². The van der Waals surface area contributed by atoms with Crippen molar-refractivity contribution in [1.82, 2.24) is 0 Å². The Balaban J connectivity index is 3.02. The minimum atomic E-state index is -0.577. The fourth-order valence-electron chi connectivity index (χ4n) is 1.04. The zero-order valence-electron chi connectivity index (χ0n) is 7.84. The van der Waals surface area contributed by atoms with Gasteiger partial charge in [0.2, 0.25) is 0 Å². The molecule has 0 amide bonds. The van der Waals surface area contributed by atoms with Gasteiger partial charge in [-0.15, -0.1) is 11.8 Å². The zero-order chi connectivity index (χ0) is 11.4. The van der Waals surface area contributed by atoms with E-state index in [9.17, 15) is 10.1 Å². The highest BCUT2D eigenvalue weighted by Gasteiger charge is 2.14. The van der Waals surface area contributed by atoms with Gasteiger partial charge >= 0.3 is 0 Å². The average Bonchev–Trinajstić information content (AvgIpc) is 2.18. The predicted octanol–water partition coefficient (Wildman–Crippen LogP) is 0.844. The number of hydrogen-bond donors (Lipinski definition) is 3. The molecule has 0 aliphatic rings. The Bertz CT molecular complexity index is 384. The van der Waals surface area contributed by atoms with E-state index in [4.69, 9.17) is 16.6 Å². The molecular formula is C8H11N3O3S. The van der Waals surface area contributed by atoms with E-state index in [-0.39, 0.29) is 18.0 Å². The molecule has 0 heterocycles. The fourth-order valence-corrected chi connectivity index (χ4v) is 1.79. The van der Waals surface area contributed by atoms with Crippen molar-refractivity contribution in [3.8, 4) is 0 Å². The Morgan fingerprint density at radius 2 is 2.07 bits per heavy atom. The topological polar surface area (TPSA) is 115 Å². The molecule has 0 aliphatic carbocycles.